The summed E-state index contributed by atoms with van der Waals surface area (Å²) in [4.78, 5) is 3.53. The molecular weight excluding hydrogens is 725 g/mol. The van der Waals surface area contributed by atoms with Gasteiger partial charge in [0.2, 0.25) is 0 Å². The number of unbranched alkanes of at least 4 members (excludes halogenated alkanes) is 27. The normalized spacial score (nSPS) is 11.5. The van der Waals surface area contributed by atoms with E-state index in [1.54, 1.807) is 0 Å². The third-order valence-corrected chi connectivity index (χ3v) is 12.5. The molecule has 2 aromatic rings. The van der Waals surface area contributed by atoms with Crippen molar-refractivity contribution in [2.75, 3.05) is 0 Å². The summed E-state index contributed by atoms with van der Waals surface area (Å²) in [5.41, 5.74) is 18.9. The Labute approximate surface area is 372 Å². The van der Waals surface area contributed by atoms with Crippen LogP contribution >= 0.6 is 0 Å². The first-order chi connectivity index (χ1) is 29.7. The van der Waals surface area contributed by atoms with Crippen LogP contribution in [0.2, 0.25) is 0 Å². The molecular formula is C58H92N2. The van der Waals surface area contributed by atoms with E-state index in [1.807, 2.05) is 0 Å². The van der Waals surface area contributed by atoms with Crippen molar-refractivity contribution in [2.24, 2.45) is 0 Å². The van der Waals surface area contributed by atoms with Crippen LogP contribution in [0.4, 0.5) is 0 Å². The van der Waals surface area contributed by atoms with E-state index in [1.165, 1.54) is 207 Å². The molecule has 0 amide bonds. The topological polar surface area (TPSA) is 36.4 Å². The van der Waals surface area contributed by atoms with Crippen molar-refractivity contribution in [3.8, 4) is 11.8 Å². The molecule has 0 saturated carbocycles. The largest absolute Gasteiger partial charge is 0.348 e. The minimum absolute atomic E-state index is 0.878. The second-order valence-electron chi connectivity index (χ2n) is 17.9. The van der Waals surface area contributed by atoms with E-state index in [0.29, 0.717) is 0 Å². The SMILES string of the molecule is CCCCCCCCCCCCCCCCCCCCCCC#CCCc1ccccc1C(=C(CCCC)C(=C=[N+]=[N-])CCCCCC)c1cccc(CCCCCC)c1. The Balaban J connectivity index is 1.93. The number of hydrogen-bond acceptors (Lipinski definition) is 0. The van der Waals surface area contributed by atoms with Crippen molar-refractivity contribution >= 4 is 11.4 Å². The van der Waals surface area contributed by atoms with Crippen molar-refractivity contribution in [1.82, 2.24) is 0 Å². The van der Waals surface area contributed by atoms with E-state index in [0.717, 1.165) is 63.4 Å². The van der Waals surface area contributed by atoms with Gasteiger partial charge in [0, 0.05) is 12.8 Å². The van der Waals surface area contributed by atoms with E-state index in [-0.39, 0.29) is 0 Å². The Morgan fingerprint density at radius 1 is 0.467 bits per heavy atom. The molecule has 0 radical (unpaired) electrons. The fraction of sp³-hybridized carbons (Fsp3) is 0.690. The molecule has 0 fully saturated rings. The first kappa shape index (κ1) is 53.0. The molecule has 0 N–H and O–H groups in total. The number of allylic oxidation sites excluding steroid dienone is 2. The van der Waals surface area contributed by atoms with Gasteiger partial charge in [-0.1, -0.05) is 243 Å². The standard InChI is InChI=1S/C58H92N2/c1-5-9-13-16-17-18-19-20-21-22-23-24-25-26-27-28-29-30-31-32-33-34-35-38-44-53-45-39-40-49-56(53)58(54-47-41-43-52(50-54)42-36-14-10-6-2)57(48-12-8-4)55(51-60-59)46-37-15-11-7-3/h39-41,43,45,47,49-50H,5-33,36-38,42,44,46,48H2,1-4H3. The van der Waals surface area contributed by atoms with Crippen LogP contribution in [0, 0.1) is 11.8 Å². The highest BCUT2D eigenvalue weighted by Gasteiger charge is 2.20. The van der Waals surface area contributed by atoms with Gasteiger partial charge in [-0.3, -0.25) is 0 Å². The zero-order valence-electron chi connectivity index (χ0n) is 40.0. The smallest absolute Gasteiger partial charge is 0.303 e. The van der Waals surface area contributed by atoms with Crippen molar-refractivity contribution < 1.29 is 4.79 Å². The molecule has 0 saturated heterocycles. The number of nitrogens with zero attached hydrogens (tertiary/aromatic N) is 2. The van der Waals surface area contributed by atoms with Gasteiger partial charge in [0.15, 0.2) is 0 Å². The zero-order chi connectivity index (χ0) is 43.0. The van der Waals surface area contributed by atoms with Gasteiger partial charge in [-0.25, -0.2) is 0 Å². The second kappa shape index (κ2) is 38.8. The monoisotopic (exact) mass is 817 g/mol. The third kappa shape index (κ3) is 25.6. The second-order valence-corrected chi connectivity index (χ2v) is 17.9. The summed E-state index contributed by atoms with van der Waals surface area (Å²) >= 11 is 0. The minimum atomic E-state index is 0.878. The molecule has 0 heterocycles. The Morgan fingerprint density at radius 3 is 1.53 bits per heavy atom. The van der Waals surface area contributed by atoms with Gasteiger partial charge in [0.25, 0.3) is 0 Å². The first-order valence-electron chi connectivity index (χ1n) is 26.0. The molecule has 0 aliphatic rings. The summed E-state index contributed by atoms with van der Waals surface area (Å²) in [5, 5.41) is 0. The fourth-order valence-electron chi connectivity index (χ4n) is 8.80. The highest BCUT2D eigenvalue weighted by Crippen LogP contribution is 2.37. The molecule has 0 aromatic heterocycles. The van der Waals surface area contributed by atoms with E-state index >= 15 is 0 Å². The van der Waals surface area contributed by atoms with Gasteiger partial charge in [0.05, 0.1) is 5.57 Å². The van der Waals surface area contributed by atoms with Crippen LogP contribution in [-0.4, -0.2) is 10.7 Å². The van der Waals surface area contributed by atoms with Crippen LogP contribution < -0.4 is 0 Å². The van der Waals surface area contributed by atoms with Crippen molar-refractivity contribution in [1.29, 1.82) is 0 Å². The van der Waals surface area contributed by atoms with Crippen molar-refractivity contribution in [3.63, 3.8) is 0 Å². The highest BCUT2D eigenvalue weighted by atomic mass is 14.8. The van der Waals surface area contributed by atoms with Crippen LogP contribution in [0.15, 0.2) is 59.7 Å². The van der Waals surface area contributed by atoms with Gasteiger partial charge < -0.3 is 5.53 Å². The lowest BCUT2D eigenvalue weighted by Crippen LogP contribution is -2.04. The quantitative estimate of drug-likeness (QED) is 0.0162. The molecule has 2 aromatic carbocycles. The molecule has 2 rings (SSSR count). The molecule has 60 heavy (non-hydrogen) atoms. The summed E-state index contributed by atoms with van der Waals surface area (Å²) in [6, 6.07) is 18.3. The number of rotatable bonds is 38. The highest BCUT2D eigenvalue weighted by molar-refractivity contribution is 5.88. The van der Waals surface area contributed by atoms with E-state index < -0.39 is 0 Å². The van der Waals surface area contributed by atoms with Crippen molar-refractivity contribution in [3.05, 3.63) is 87.5 Å². The number of hydrogen-bond donors (Lipinski definition) is 0. The van der Waals surface area contributed by atoms with Crippen LogP contribution in [0.3, 0.4) is 0 Å². The molecule has 0 unspecified atom stereocenters. The number of benzene rings is 2. The van der Waals surface area contributed by atoms with Crippen LogP contribution in [0.1, 0.15) is 268 Å². The summed E-state index contributed by atoms with van der Waals surface area (Å²) in [7, 11) is 0. The lowest BCUT2D eigenvalue weighted by atomic mass is 9.82. The minimum Gasteiger partial charge on any atom is -0.348 e. The van der Waals surface area contributed by atoms with Gasteiger partial charge in [-0.05, 0) is 84.8 Å². The maximum atomic E-state index is 9.88. The van der Waals surface area contributed by atoms with Gasteiger partial charge >= 0.3 is 5.87 Å². The summed E-state index contributed by atoms with van der Waals surface area (Å²) in [6.07, 6.45) is 46.1. The Bertz CT molecular complexity index is 1520. The average molecular weight is 817 g/mol. The molecule has 0 atom stereocenters. The molecule has 2 heteroatoms. The van der Waals surface area contributed by atoms with Gasteiger partial charge in [-0.15, -0.1) is 16.6 Å². The predicted molar refractivity (Wildman–Crippen MR) is 266 cm³/mol. The fourth-order valence-corrected chi connectivity index (χ4v) is 8.80. The summed E-state index contributed by atoms with van der Waals surface area (Å²) in [6.45, 7) is 9.12. The van der Waals surface area contributed by atoms with Crippen molar-refractivity contribution in [2.45, 2.75) is 259 Å². The van der Waals surface area contributed by atoms with E-state index in [2.05, 4.69) is 98.7 Å². The van der Waals surface area contributed by atoms with Crippen LogP contribution in [-0.2, 0) is 12.8 Å². The van der Waals surface area contributed by atoms with Gasteiger partial charge in [-0.2, -0.15) is 0 Å². The Hall–Kier alpha value is -3.10. The Kier molecular flexibility index (Phi) is 34.3. The first-order valence-corrected chi connectivity index (χ1v) is 26.0. The molecule has 2 nitrogen and oxygen atoms in total. The molecule has 0 aliphatic carbocycles. The average Bonchev–Trinajstić information content (AvgIpc) is 3.27. The van der Waals surface area contributed by atoms with Crippen LogP contribution in [0.5, 0.6) is 0 Å². The van der Waals surface area contributed by atoms with Crippen LogP contribution in [0.25, 0.3) is 11.1 Å². The maximum Gasteiger partial charge on any atom is 0.303 e. The predicted octanol–water partition coefficient (Wildman–Crippen LogP) is 18.7. The molecule has 0 bridgehead atoms. The lowest BCUT2D eigenvalue weighted by Gasteiger charge is -2.20. The third-order valence-electron chi connectivity index (χ3n) is 12.5. The number of aryl methyl sites for hydroxylation is 2. The summed E-state index contributed by atoms with van der Waals surface area (Å²) < 4.78 is 0. The molecule has 0 aliphatic heterocycles. The summed E-state index contributed by atoms with van der Waals surface area (Å²) in [5.74, 6) is 10.2. The van der Waals surface area contributed by atoms with E-state index in [4.69, 9.17) is 0 Å². The maximum absolute atomic E-state index is 9.88. The van der Waals surface area contributed by atoms with E-state index in [9.17, 15) is 5.53 Å². The zero-order valence-corrected chi connectivity index (χ0v) is 40.0. The molecule has 334 valence electrons. The van der Waals surface area contributed by atoms with Gasteiger partial charge in [0.1, 0.15) is 0 Å². The molecule has 0 spiro atoms. The lowest BCUT2D eigenvalue weighted by molar-refractivity contribution is 0.00739. The Morgan fingerprint density at radius 2 is 0.967 bits per heavy atom.